The first kappa shape index (κ1) is 21.3. The fraction of sp³-hybridized carbons (Fsp3) is 0.381. The summed E-state index contributed by atoms with van der Waals surface area (Å²) in [5, 5.41) is -1.21. The lowest BCUT2D eigenvalue weighted by Crippen LogP contribution is -2.11. The number of esters is 1. The third-order valence-electron chi connectivity index (χ3n) is 5.42. The van der Waals surface area contributed by atoms with E-state index in [-0.39, 0.29) is 6.61 Å². The minimum absolute atomic E-state index is 0.0226. The van der Waals surface area contributed by atoms with Gasteiger partial charge in [0.1, 0.15) is 11.6 Å². The number of nitrogens with zero attached hydrogens (tertiary/aromatic N) is 2. The van der Waals surface area contributed by atoms with Gasteiger partial charge in [0.05, 0.1) is 17.8 Å². The lowest BCUT2D eigenvalue weighted by molar-refractivity contribution is -0.147. The predicted octanol–water partition coefficient (Wildman–Crippen LogP) is 5.45. The van der Waals surface area contributed by atoms with Crippen molar-refractivity contribution in [1.82, 2.24) is 9.97 Å². The van der Waals surface area contributed by atoms with E-state index in [0.29, 0.717) is 5.69 Å². The molecule has 154 valence electrons. The molecule has 0 aliphatic heterocycles. The van der Waals surface area contributed by atoms with Gasteiger partial charge < -0.3 is 4.74 Å². The molecule has 0 N–H and O–H groups in total. The Morgan fingerprint density at radius 1 is 1.31 bits per heavy atom. The number of rotatable bonds is 5. The van der Waals surface area contributed by atoms with E-state index in [2.05, 4.69) is 9.97 Å². The van der Waals surface area contributed by atoms with Gasteiger partial charge in [-0.1, -0.05) is 49.7 Å². The molecule has 0 amide bonds. The van der Waals surface area contributed by atoms with Gasteiger partial charge >= 0.3 is 12.1 Å². The molecule has 29 heavy (non-hydrogen) atoms. The number of allylic oxidation sites excluding steroid dienone is 2. The number of hydrogen-bond donors (Lipinski definition) is 0. The molecule has 1 fully saturated rings. The number of carbonyl (C=O) groups is 1. The molecule has 1 aliphatic rings. The van der Waals surface area contributed by atoms with Gasteiger partial charge in [0, 0.05) is 18.0 Å². The van der Waals surface area contributed by atoms with E-state index in [1.807, 2.05) is 25.1 Å². The van der Waals surface area contributed by atoms with Crippen LogP contribution in [0.3, 0.4) is 0 Å². The Morgan fingerprint density at radius 2 is 2.03 bits per heavy atom. The van der Waals surface area contributed by atoms with E-state index >= 15 is 0 Å². The minimum atomic E-state index is -4.62. The molecule has 1 heterocycles. The highest BCUT2D eigenvalue weighted by atomic mass is 35.5. The first-order valence-electron chi connectivity index (χ1n) is 8.99. The molecule has 0 radical (unpaired) electrons. The van der Waals surface area contributed by atoms with Gasteiger partial charge in [0.2, 0.25) is 0 Å². The molecule has 1 saturated carbocycles. The smallest absolute Gasteiger partial charge is 0.426 e. The summed E-state index contributed by atoms with van der Waals surface area (Å²) < 4.78 is 43.5. The van der Waals surface area contributed by atoms with Crippen LogP contribution in [0.1, 0.15) is 25.0 Å². The molecule has 1 aliphatic carbocycles. The Morgan fingerprint density at radius 3 is 2.66 bits per heavy atom. The zero-order chi connectivity index (χ0) is 21.4. The number of carbonyl (C=O) groups excluding carboxylic acids is 1. The zero-order valence-corrected chi connectivity index (χ0v) is 16.9. The van der Waals surface area contributed by atoms with Crippen molar-refractivity contribution in [3.05, 3.63) is 59.0 Å². The largest absolute Gasteiger partial charge is 0.461 e. The average Bonchev–Trinajstić information content (AvgIpc) is 3.20. The molecule has 8 heteroatoms. The summed E-state index contributed by atoms with van der Waals surface area (Å²) in [5.74, 6) is -1.81. The van der Waals surface area contributed by atoms with Crippen molar-refractivity contribution in [2.75, 3.05) is 0 Å². The second-order valence-corrected chi connectivity index (χ2v) is 8.03. The maximum absolute atomic E-state index is 12.7. The molecule has 0 spiro atoms. The Balaban J connectivity index is 1.70. The summed E-state index contributed by atoms with van der Waals surface area (Å²) >= 11 is 5.33. The molecular formula is C21H20ClF3N2O2. The summed E-state index contributed by atoms with van der Waals surface area (Å²) in [6.07, 6.45) is 1.11. The SMILES string of the molecule is Cc1c(COC(=O)C2C(C=C(Cl)C(F)(F)F)C2(C)C)cccc1-c1cnccn1. The van der Waals surface area contributed by atoms with Crippen molar-refractivity contribution in [2.24, 2.45) is 17.3 Å². The highest BCUT2D eigenvalue weighted by molar-refractivity contribution is 6.30. The van der Waals surface area contributed by atoms with E-state index in [1.54, 1.807) is 32.4 Å². The third-order valence-corrected chi connectivity index (χ3v) is 5.76. The van der Waals surface area contributed by atoms with Gasteiger partial charge in [-0.05, 0) is 29.4 Å². The van der Waals surface area contributed by atoms with Crippen LogP contribution >= 0.6 is 11.6 Å². The maximum Gasteiger partial charge on any atom is 0.426 e. The molecule has 1 aromatic heterocycles. The van der Waals surface area contributed by atoms with Crippen molar-refractivity contribution in [1.29, 1.82) is 0 Å². The first-order valence-corrected chi connectivity index (χ1v) is 9.37. The molecular weight excluding hydrogens is 405 g/mol. The summed E-state index contributed by atoms with van der Waals surface area (Å²) in [5.41, 5.74) is 2.62. The normalized spacial score (nSPS) is 21.0. The monoisotopic (exact) mass is 424 g/mol. The van der Waals surface area contributed by atoms with Crippen molar-refractivity contribution in [3.8, 4) is 11.3 Å². The number of hydrogen-bond acceptors (Lipinski definition) is 4. The van der Waals surface area contributed by atoms with Crippen molar-refractivity contribution in [2.45, 2.75) is 33.6 Å². The molecule has 0 bridgehead atoms. The summed E-state index contributed by atoms with van der Waals surface area (Å²) in [6.45, 7) is 5.36. The standard InChI is InChI=1S/C21H20ClF3N2O2/c1-12-13(5-4-6-14(12)16-10-26-7-8-27-16)11-29-19(28)18-15(20(18,2)3)9-17(22)21(23,24)25/h4-10,15,18H,11H2,1-3H3. The van der Waals surface area contributed by atoms with E-state index in [1.165, 1.54) is 0 Å². The lowest BCUT2D eigenvalue weighted by Gasteiger charge is -2.12. The van der Waals surface area contributed by atoms with Gasteiger partial charge in [-0.25, -0.2) is 0 Å². The van der Waals surface area contributed by atoms with Gasteiger partial charge in [-0.2, -0.15) is 13.2 Å². The predicted molar refractivity (Wildman–Crippen MR) is 103 cm³/mol. The number of benzene rings is 1. The van der Waals surface area contributed by atoms with Crippen LogP contribution in [0.25, 0.3) is 11.3 Å². The van der Waals surface area contributed by atoms with Crippen molar-refractivity contribution in [3.63, 3.8) is 0 Å². The van der Waals surface area contributed by atoms with E-state index in [0.717, 1.165) is 22.8 Å². The van der Waals surface area contributed by atoms with Crippen molar-refractivity contribution < 1.29 is 22.7 Å². The first-order chi connectivity index (χ1) is 13.5. The Kier molecular flexibility index (Phi) is 5.72. The van der Waals surface area contributed by atoms with Gasteiger partial charge in [-0.3, -0.25) is 14.8 Å². The highest BCUT2D eigenvalue weighted by Crippen LogP contribution is 2.60. The quantitative estimate of drug-likeness (QED) is 0.599. The second kappa shape index (κ2) is 7.78. The number of alkyl halides is 3. The minimum Gasteiger partial charge on any atom is -0.461 e. The average molecular weight is 425 g/mol. The fourth-order valence-corrected chi connectivity index (χ4v) is 3.62. The molecule has 3 rings (SSSR count). The molecule has 1 aromatic carbocycles. The van der Waals surface area contributed by atoms with E-state index in [4.69, 9.17) is 16.3 Å². The number of halogens is 4. The fourth-order valence-electron chi connectivity index (χ4n) is 3.49. The topological polar surface area (TPSA) is 52.1 Å². The van der Waals surface area contributed by atoms with E-state index in [9.17, 15) is 18.0 Å². The summed E-state index contributed by atoms with van der Waals surface area (Å²) in [6, 6.07) is 5.56. The van der Waals surface area contributed by atoms with Gasteiger partial charge in [0.15, 0.2) is 0 Å². The molecule has 2 unspecified atom stereocenters. The number of ether oxygens (including phenoxy) is 1. The van der Waals surface area contributed by atoms with Crippen LogP contribution in [-0.2, 0) is 16.1 Å². The van der Waals surface area contributed by atoms with Crippen LogP contribution in [-0.4, -0.2) is 22.1 Å². The van der Waals surface area contributed by atoms with Crippen LogP contribution in [0, 0.1) is 24.2 Å². The molecule has 0 saturated heterocycles. The Hall–Kier alpha value is -2.41. The zero-order valence-electron chi connectivity index (χ0n) is 16.1. The maximum atomic E-state index is 12.7. The van der Waals surface area contributed by atoms with Crippen LogP contribution < -0.4 is 0 Å². The molecule has 2 aromatic rings. The molecule has 4 nitrogen and oxygen atoms in total. The second-order valence-electron chi connectivity index (χ2n) is 7.63. The molecule has 2 atom stereocenters. The highest BCUT2D eigenvalue weighted by Gasteiger charge is 2.62. The van der Waals surface area contributed by atoms with Crippen LogP contribution in [0.4, 0.5) is 13.2 Å². The Bertz CT molecular complexity index is 943. The van der Waals surface area contributed by atoms with Crippen LogP contribution in [0.5, 0.6) is 0 Å². The van der Waals surface area contributed by atoms with Crippen LogP contribution in [0.15, 0.2) is 47.9 Å². The number of aromatic nitrogens is 2. The van der Waals surface area contributed by atoms with Crippen LogP contribution in [0.2, 0.25) is 0 Å². The summed E-state index contributed by atoms with van der Waals surface area (Å²) in [7, 11) is 0. The van der Waals surface area contributed by atoms with Gasteiger partial charge in [-0.15, -0.1) is 0 Å². The van der Waals surface area contributed by atoms with Crippen molar-refractivity contribution >= 4 is 17.6 Å². The summed E-state index contributed by atoms with van der Waals surface area (Å²) in [4.78, 5) is 20.8. The Labute approximate surface area is 171 Å². The van der Waals surface area contributed by atoms with E-state index < -0.39 is 34.4 Å². The third kappa shape index (κ3) is 4.45. The van der Waals surface area contributed by atoms with Gasteiger partial charge in [0.25, 0.3) is 0 Å². The lowest BCUT2D eigenvalue weighted by atomic mass is 10.0.